The van der Waals surface area contributed by atoms with Gasteiger partial charge in [-0.25, -0.2) is 4.98 Å². The number of hydrogen-bond acceptors (Lipinski definition) is 11. The molecule has 2 aliphatic rings. The van der Waals surface area contributed by atoms with Crippen molar-refractivity contribution in [3.05, 3.63) is 18.7 Å². The molecule has 13 N–H and O–H groups in total. The maximum Gasteiger partial charge on any atom is 0.231 e. The number of imidazole rings is 1. The van der Waals surface area contributed by atoms with E-state index in [0.717, 1.165) is 57.6 Å². The number of nitrogens with one attached hydrogen (secondary N) is 1. The molecule has 0 aromatic carbocycles. The summed E-state index contributed by atoms with van der Waals surface area (Å²) in [7, 11) is 0. The van der Waals surface area contributed by atoms with Crippen LogP contribution in [0, 0.1) is 0 Å². The van der Waals surface area contributed by atoms with E-state index in [1.807, 2.05) is 18.7 Å². The van der Waals surface area contributed by atoms with Gasteiger partial charge < -0.3 is 44.3 Å². The average molecular weight is 483 g/mol. The molecule has 0 spiro atoms. The molecular formula is C19H51ClN12. The van der Waals surface area contributed by atoms with Crippen LogP contribution < -0.4 is 39.7 Å². The molecule has 0 unspecified atom stereocenters. The molecule has 32 heavy (non-hydrogen) atoms. The van der Waals surface area contributed by atoms with E-state index in [2.05, 4.69) is 24.7 Å². The van der Waals surface area contributed by atoms with Gasteiger partial charge in [0.25, 0.3) is 0 Å². The van der Waals surface area contributed by atoms with Gasteiger partial charge in [-0.2, -0.15) is 15.0 Å². The Balaban J connectivity index is -0.000000250. The van der Waals surface area contributed by atoms with Gasteiger partial charge in [0.05, 0.1) is 6.33 Å². The third-order valence-corrected chi connectivity index (χ3v) is 5.33. The Bertz CT molecular complexity index is 684. The molecule has 12 nitrogen and oxygen atoms in total. The SMILES string of the molecule is Cl.N.N.N.N.[HH].[HH].[HH].[HH].c1cn(CCCNc2nc(N3CCCCC3)nc(N3CCCCC3)n2)cn1. The monoisotopic (exact) mass is 482 g/mol. The molecule has 0 bridgehead atoms. The molecule has 4 heterocycles. The van der Waals surface area contributed by atoms with Crippen molar-refractivity contribution >= 4 is 30.3 Å². The number of rotatable bonds is 7. The zero-order valence-corrected chi connectivity index (χ0v) is 20.1. The smallest absolute Gasteiger partial charge is 0.231 e. The topological polar surface area (TPSA) is 215 Å². The van der Waals surface area contributed by atoms with E-state index in [1.165, 1.54) is 38.5 Å². The van der Waals surface area contributed by atoms with Crippen molar-refractivity contribution in [3.8, 4) is 0 Å². The highest BCUT2D eigenvalue weighted by molar-refractivity contribution is 5.85. The van der Waals surface area contributed by atoms with Crippen LogP contribution in [0.3, 0.4) is 0 Å². The first-order valence-electron chi connectivity index (χ1n) is 10.3. The second kappa shape index (κ2) is 16.4. The van der Waals surface area contributed by atoms with Gasteiger partial charge in [-0.3, -0.25) is 0 Å². The fourth-order valence-corrected chi connectivity index (χ4v) is 3.78. The summed E-state index contributed by atoms with van der Waals surface area (Å²) in [5.74, 6) is 2.38. The molecule has 2 aliphatic heterocycles. The molecule has 4 rings (SSSR count). The van der Waals surface area contributed by atoms with Crippen LogP contribution in [0.1, 0.15) is 50.7 Å². The quantitative estimate of drug-likeness (QED) is 0.343. The summed E-state index contributed by atoms with van der Waals surface area (Å²) in [5.41, 5.74) is 0. The van der Waals surface area contributed by atoms with E-state index >= 15 is 0 Å². The van der Waals surface area contributed by atoms with Gasteiger partial charge >= 0.3 is 0 Å². The van der Waals surface area contributed by atoms with Crippen LogP contribution in [-0.2, 0) is 6.54 Å². The Hall–Kier alpha value is -2.25. The lowest BCUT2D eigenvalue weighted by Gasteiger charge is -2.30. The van der Waals surface area contributed by atoms with E-state index in [4.69, 9.17) is 15.0 Å². The van der Waals surface area contributed by atoms with E-state index in [9.17, 15) is 0 Å². The minimum Gasteiger partial charge on any atom is -0.354 e. The number of aryl methyl sites for hydroxylation is 1. The standard InChI is InChI=1S/C19H30N8.ClH.4H3N.4H2/c1-3-11-26(12-4-1)18-22-17(21-8-7-10-25-15-9-20-16-25)23-19(24-18)27-13-5-2-6-14-27;;;;;;;;;/h9,15-16H,1-8,10-14H2,(H,21,22,23,24);1H;4*1H3;4*1H. The summed E-state index contributed by atoms with van der Waals surface area (Å²) in [5, 5.41) is 3.42. The molecule has 0 atom stereocenters. The van der Waals surface area contributed by atoms with Crippen molar-refractivity contribution in [2.24, 2.45) is 0 Å². The maximum atomic E-state index is 4.83. The van der Waals surface area contributed by atoms with Gasteiger partial charge in [0.2, 0.25) is 17.8 Å². The van der Waals surface area contributed by atoms with Crippen LogP contribution in [0.25, 0.3) is 0 Å². The molecule has 2 aromatic rings. The summed E-state index contributed by atoms with van der Waals surface area (Å²) in [6.45, 7) is 5.96. The van der Waals surface area contributed by atoms with Crippen LogP contribution in [0.2, 0.25) is 0 Å². The first-order chi connectivity index (χ1) is 13.4. The van der Waals surface area contributed by atoms with Crippen LogP contribution in [0.4, 0.5) is 17.8 Å². The van der Waals surface area contributed by atoms with Crippen LogP contribution in [0.15, 0.2) is 18.7 Å². The highest BCUT2D eigenvalue weighted by Crippen LogP contribution is 2.22. The summed E-state index contributed by atoms with van der Waals surface area (Å²) < 4.78 is 2.09. The zero-order valence-electron chi connectivity index (χ0n) is 19.3. The molecular weight excluding hydrogens is 432 g/mol. The van der Waals surface area contributed by atoms with Crippen molar-refractivity contribution in [3.63, 3.8) is 0 Å². The molecule has 194 valence electrons. The summed E-state index contributed by atoms with van der Waals surface area (Å²) in [6, 6.07) is 0. The second-order valence-corrected chi connectivity index (χ2v) is 7.44. The van der Waals surface area contributed by atoms with Crippen LogP contribution in [0.5, 0.6) is 0 Å². The molecule has 0 saturated carbocycles. The molecule has 0 amide bonds. The minimum absolute atomic E-state index is 0. The number of aromatic nitrogens is 5. The van der Waals surface area contributed by atoms with Gasteiger partial charge in [0, 0.05) is 57.4 Å². The second-order valence-electron chi connectivity index (χ2n) is 7.44. The largest absolute Gasteiger partial charge is 0.354 e. The van der Waals surface area contributed by atoms with E-state index in [-0.39, 0.29) is 42.7 Å². The highest BCUT2D eigenvalue weighted by Gasteiger charge is 2.20. The molecule has 2 aromatic heterocycles. The molecule has 0 radical (unpaired) electrons. The Kier molecular flexibility index (Phi) is 16.4. The van der Waals surface area contributed by atoms with Gasteiger partial charge in [-0.1, -0.05) is 0 Å². The maximum absolute atomic E-state index is 4.83. The Morgan fingerprint density at radius 1 is 0.781 bits per heavy atom. The number of hydrogen-bond donors (Lipinski definition) is 5. The van der Waals surface area contributed by atoms with Gasteiger partial charge in [0.1, 0.15) is 0 Å². The lowest BCUT2D eigenvalue weighted by molar-refractivity contribution is 0.556. The molecule has 2 fully saturated rings. The number of piperidine rings is 2. The normalized spacial score (nSPS) is 15.1. The fourth-order valence-electron chi connectivity index (χ4n) is 3.78. The molecule has 13 heteroatoms. The van der Waals surface area contributed by atoms with Crippen molar-refractivity contribution in [2.45, 2.75) is 51.5 Å². The first kappa shape index (κ1) is 31.9. The van der Waals surface area contributed by atoms with Gasteiger partial charge in [-0.05, 0) is 44.9 Å². The van der Waals surface area contributed by atoms with Gasteiger partial charge in [-0.15, -0.1) is 12.4 Å². The summed E-state index contributed by atoms with van der Waals surface area (Å²) in [6.07, 6.45) is 14.2. The van der Waals surface area contributed by atoms with E-state index in [1.54, 1.807) is 0 Å². The average Bonchev–Trinajstić information content (AvgIpc) is 3.26. The van der Waals surface area contributed by atoms with Crippen molar-refractivity contribution in [2.75, 3.05) is 47.8 Å². The van der Waals surface area contributed by atoms with Gasteiger partial charge in [0.15, 0.2) is 0 Å². The van der Waals surface area contributed by atoms with Crippen LogP contribution >= 0.6 is 12.4 Å². The first-order valence-corrected chi connectivity index (χ1v) is 10.3. The summed E-state index contributed by atoms with van der Waals surface area (Å²) >= 11 is 0. The Labute approximate surface area is 203 Å². The third kappa shape index (κ3) is 8.71. The van der Waals surface area contributed by atoms with E-state index < -0.39 is 0 Å². The Morgan fingerprint density at radius 3 is 1.78 bits per heavy atom. The third-order valence-electron chi connectivity index (χ3n) is 5.33. The zero-order chi connectivity index (χ0) is 18.3. The van der Waals surface area contributed by atoms with Crippen molar-refractivity contribution in [1.29, 1.82) is 0 Å². The van der Waals surface area contributed by atoms with E-state index in [0.29, 0.717) is 5.95 Å². The molecule has 2 saturated heterocycles. The number of nitrogens with zero attached hydrogens (tertiary/aromatic N) is 7. The Morgan fingerprint density at radius 2 is 1.31 bits per heavy atom. The predicted molar refractivity (Wildman–Crippen MR) is 143 cm³/mol. The summed E-state index contributed by atoms with van der Waals surface area (Å²) in [4.78, 5) is 23.0. The lowest BCUT2D eigenvalue weighted by atomic mass is 10.1. The minimum atomic E-state index is 0. The fraction of sp³-hybridized carbons (Fsp3) is 0.684. The highest BCUT2D eigenvalue weighted by atomic mass is 35.5. The molecule has 0 aliphatic carbocycles. The number of anilines is 3. The van der Waals surface area contributed by atoms with Crippen molar-refractivity contribution < 1.29 is 5.71 Å². The number of halogens is 1. The van der Waals surface area contributed by atoms with Crippen LogP contribution in [-0.4, -0.2) is 57.2 Å². The lowest BCUT2D eigenvalue weighted by Crippen LogP contribution is -2.34. The predicted octanol–water partition coefficient (Wildman–Crippen LogP) is 4.60. The van der Waals surface area contributed by atoms with Crippen molar-refractivity contribution in [1.82, 2.24) is 49.1 Å².